The molecule has 4 aromatic rings. The normalized spacial score (nSPS) is 11.4. The van der Waals surface area contributed by atoms with Crippen LogP contribution in [0, 0.1) is 6.92 Å². The predicted octanol–water partition coefficient (Wildman–Crippen LogP) is 3.17. The summed E-state index contributed by atoms with van der Waals surface area (Å²) in [5, 5.41) is 15.3. The highest BCUT2D eigenvalue weighted by Gasteiger charge is 2.20. The molecule has 0 saturated carbocycles. The van der Waals surface area contributed by atoms with Crippen molar-refractivity contribution in [2.24, 2.45) is 0 Å². The number of para-hydroxylation sites is 1. The Morgan fingerprint density at radius 2 is 1.91 bits per heavy atom. The van der Waals surface area contributed by atoms with Gasteiger partial charge in [0.15, 0.2) is 18.1 Å². The van der Waals surface area contributed by atoms with Crippen molar-refractivity contribution in [2.75, 3.05) is 6.61 Å². The number of hydrogen-bond donors (Lipinski definition) is 0. The van der Waals surface area contributed by atoms with E-state index in [1.54, 1.807) is 13.0 Å². The van der Waals surface area contributed by atoms with Gasteiger partial charge in [0.1, 0.15) is 5.75 Å². The molecule has 0 aliphatic carbocycles. The molecule has 2 heterocycles. The molecule has 0 unspecified atom stereocenters. The predicted molar refractivity (Wildman–Crippen MR) is 114 cm³/mol. The van der Waals surface area contributed by atoms with E-state index in [0.29, 0.717) is 29.6 Å². The van der Waals surface area contributed by atoms with Gasteiger partial charge in [0.25, 0.3) is 5.89 Å². The van der Waals surface area contributed by atoms with E-state index in [1.165, 1.54) is 4.68 Å². The summed E-state index contributed by atoms with van der Waals surface area (Å²) in [6.45, 7) is 3.87. The number of carbonyl (C=O) groups excluding carboxylic acids is 1. The van der Waals surface area contributed by atoms with E-state index in [0.717, 1.165) is 5.56 Å². The van der Waals surface area contributed by atoms with Gasteiger partial charge in [0.05, 0.1) is 12.2 Å². The quantitative estimate of drug-likeness (QED) is 0.305. The zero-order chi connectivity index (χ0) is 22.3. The van der Waals surface area contributed by atoms with E-state index < -0.39 is 5.97 Å². The summed E-state index contributed by atoms with van der Waals surface area (Å²) >= 11 is 0. The second-order valence-electron chi connectivity index (χ2n) is 6.60. The lowest BCUT2D eigenvalue weighted by molar-refractivity contribution is -0.139. The number of esters is 1. The lowest BCUT2D eigenvalue weighted by Gasteiger charge is -2.07. The molecule has 10 nitrogen and oxygen atoms in total. The molecule has 0 aliphatic heterocycles. The van der Waals surface area contributed by atoms with Crippen molar-refractivity contribution >= 4 is 17.7 Å². The van der Waals surface area contributed by atoms with Crippen LogP contribution in [0.25, 0.3) is 23.2 Å². The minimum absolute atomic E-state index is 0.146. The molecule has 2 aromatic carbocycles. The summed E-state index contributed by atoms with van der Waals surface area (Å²) in [5.41, 5.74) is 1.63. The Morgan fingerprint density at radius 1 is 1.12 bits per heavy atom. The molecule has 0 saturated heterocycles. The van der Waals surface area contributed by atoms with Crippen LogP contribution in [-0.4, -0.2) is 42.9 Å². The van der Waals surface area contributed by atoms with E-state index in [4.69, 9.17) is 14.0 Å². The van der Waals surface area contributed by atoms with E-state index >= 15 is 0 Å². The zero-order valence-corrected chi connectivity index (χ0v) is 17.5. The van der Waals surface area contributed by atoms with Gasteiger partial charge < -0.3 is 14.0 Å². The topological polar surface area (TPSA) is 118 Å². The van der Waals surface area contributed by atoms with Gasteiger partial charge in [-0.2, -0.15) is 9.67 Å². The highest BCUT2D eigenvalue weighted by Crippen LogP contribution is 2.27. The number of aryl methyl sites for hydroxylation is 1. The smallest absolute Gasteiger partial charge is 0.357 e. The maximum atomic E-state index is 12.9. The van der Waals surface area contributed by atoms with Crippen LogP contribution in [0.2, 0.25) is 0 Å². The number of nitrogens with zero attached hydrogens (tertiary/aromatic N) is 6. The highest BCUT2D eigenvalue weighted by molar-refractivity contribution is 6.15. The summed E-state index contributed by atoms with van der Waals surface area (Å²) in [4.78, 5) is 17.2. The van der Waals surface area contributed by atoms with Crippen LogP contribution in [-0.2, 0) is 16.1 Å². The van der Waals surface area contributed by atoms with Crippen LogP contribution in [0.4, 0.5) is 0 Å². The highest BCUT2D eigenvalue weighted by atomic mass is 16.6. The maximum Gasteiger partial charge on any atom is 0.357 e. The first-order valence-electron chi connectivity index (χ1n) is 9.89. The maximum absolute atomic E-state index is 12.9. The average Bonchev–Trinajstić information content (AvgIpc) is 3.46. The third-order valence-electron chi connectivity index (χ3n) is 4.39. The molecule has 0 bridgehead atoms. The zero-order valence-electron chi connectivity index (χ0n) is 17.5. The molecule has 0 radical (unpaired) electrons. The first kappa shape index (κ1) is 20.9. The van der Waals surface area contributed by atoms with Crippen molar-refractivity contribution < 1.29 is 18.8 Å². The monoisotopic (exact) mass is 432 g/mol. The first-order valence-corrected chi connectivity index (χ1v) is 9.89. The summed E-state index contributed by atoms with van der Waals surface area (Å²) < 4.78 is 17.6. The molecule has 0 atom stereocenters. The Bertz CT molecular complexity index is 1230. The van der Waals surface area contributed by atoms with E-state index in [9.17, 15) is 4.79 Å². The average molecular weight is 432 g/mol. The van der Waals surface area contributed by atoms with Gasteiger partial charge in [-0.15, -0.1) is 5.10 Å². The third-order valence-corrected chi connectivity index (χ3v) is 4.39. The summed E-state index contributed by atoms with van der Waals surface area (Å²) in [6, 6.07) is 16.7. The van der Waals surface area contributed by atoms with Gasteiger partial charge in [-0.3, -0.25) is 0 Å². The molecule has 4 rings (SSSR count). The van der Waals surface area contributed by atoms with Crippen molar-refractivity contribution in [2.45, 2.75) is 20.5 Å². The molecule has 0 fully saturated rings. The third kappa shape index (κ3) is 4.69. The van der Waals surface area contributed by atoms with E-state index in [2.05, 4.69) is 25.7 Å². The SMILES string of the molecule is CCOc1ccccc1-c1noc(COC(=O)C(=Cc2ccccc2)n2nnnc2C)n1. The van der Waals surface area contributed by atoms with Gasteiger partial charge in [-0.05, 0) is 48.0 Å². The molecule has 2 aromatic heterocycles. The van der Waals surface area contributed by atoms with E-state index in [-0.39, 0.29) is 18.2 Å². The van der Waals surface area contributed by atoms with Gasteiger partial charge in [0, 0.05) is 0 Å². The molecule has 0 N–H and O–H groups in total. The number of aromatic nitrogens is 6. The van der Waals surface area contributed by atoms with Crippen molar-refractivity contribution in [3.63, 3.8) is 0 Å². The van der Waals surface area contributed by atoms with Crippen LogP contribution in [0.15, 0.2) is 59.1 Å². The van der Waals surface area contributed by atoms with Crippen LogP contribution >= 0.6 is 0 Å². The van der Waals surface area contributed by atoms with Gasteiger partial charge in [0.2, 0.25) is 5.82 Å². The molecule has 162 valence electrons. The lowest BCUT2D eigenvalue weighted by Crippen LogP contribution is -2.15. The number of tetrazole rings is 1. The number of hydrogen-bond acceptors (Lipinski definition) is 9. The molecule has 32 heavy (non-hydrogen) atoms. The van der Waals surface area contributed by atoms with Gasteiger partial charge in [-0.1, -0.05) is 47.6 Å². The fourth-order valence-electron chi connectivity index (χ4n) is 2.92. The molecule has 0 aliphatic rings. The number of ether oxygens (including phenoxy) is 2. The molecule has 10 heteroatoms. The minimum atomic E-state index is -0.640. The van der Waals surface area contributed by atoms with Crippen molar-refractivity contribution in [3.05, 3.63) is 71.9 Å². The summed E-state index contributed by atoms with van der Waals surface area (Å²) in [7, 11) is 0. The van der Waals surface area contributed by atoms with Crippen molar-refractivity contribution in [1.29, 1.82) is 0 Å². The second kappa shape index (κ2) is 9.65. The van der Waals surface area contributed by atoms with Crippen LogP contribution in [0.1, 0.15) is 24.2 Å². The summed E-state index contributed by atoms with van der Waals surface area (Å²) in [5.74, 6) is 0.931. The standard InChI is InChI=1S/C22H20N6O4/c1-3-30-19-12-8-7-11-17(19)21-23-20(32-25-21)14-31-22(29)18(28-15(2)24-26-27-28)13-16-9-5-4-6-10-16/h4-13H,3,14H2,1-2H3. The minimum Gasteiger partial charge on any atom is -0.493 e. The molecule has 0 spiro atoms. The van der Waals surface area contributed by atoms with Crippen LogP contribution < -0.4 is 4.74 Å². The largest absolute Gasteiger partial charge is 0.493 e. The van der Waals surface area contributed by atoms with E-state index in [1.807, 2.05) is 61.5 Å². The van der Waals surface area contributed by atoms with Gasteiger partial charge >= 0.3 is 5.97 Å². The van der Waals surface area contributed by atoms with Crippen LogP contribution in [0.5, 0.6) is 5.75 Å². The molecular weight excluding hydrogens is 412 g/mol. The first-order chi connectivity index (χ1) is 15.7. The molecule has 0 amide bonds. The van der Waals surface area contributed by atoms with Crippen molar-refractivity contribution in [1.82, 2.24) is 30.3 Å². The Balaban J connectivity index is 1.52. The van der Waals surface area contributed by atoms with Crippen molar-refractivity contribution in [3.8, 4) is 17.1 Å². The number of rotatable bonds is 8. The lowest BCUT2D eigenvalue weighted by atomic mass is 10.2. The Kier molecular flexibility index (Phi) is 6.30. The fourth-order valence-corrected chi connectivity index (χ4v) is 2.92. The Morgan fingerprint density at radius 3 is 2.66 bits per heavy atom. The van der Waals surface area contributed by atoms with Gasteiger partial charge in [-0.25, -0.2) is 4.79 Å². The fraction of sp³-hybridized carbons (Fsp3) is 0.182. The van der Waals surface area contributed by atoms with Crippen LogP contribution in [0.3, 0.4) is 0 Å². The number of benzene rings is 2. The molecular formula is C22H20N6O4. The Hall–Kier alpha value is -4.34. The Labute approximate surface area is 183 Å². The second-order valence-corrected chi connectivity index (χ2v) is 6.60. The summed E-state index contributed by atoms with van der Waals surface area (Å²) in [6.07, 6.45) is 1.64. The number of carbonyl (C=O) groups is 1.